The molecule has 0 aliphatic rings. The number of ether oxygens (including phenoxy) is 1. The van der Waals surface area contributed by atoms with Gasteiger partial charge in [-0.25, -0.2) is 4.79 Å². The molecule has 0 aliphatic heterocycles. The molecule has 1 aromatic heterocycles. The lowest BCUT2D eigenvalue weighted by atomic mass is 9.97. The molecule has 0 saturated carbocycles. The number of nitrogens with zero attached hydrogens (tertiary/aromatic N) is 1. The lowest BCUT2D eigenvalue weighted by Crippen LogP contribution is -2.00. The van der Waals surface area contributed by atoms with Crippen LogP contribution >= 0.6 is 0 Å². The maximum Gasteiger partial charge on any atom is 0.336 e. The lowest BCUT2D eigenvalue weighted by molar-refractivity contribution is 0.112. The summed E-state index contributed by atoms with van der Waals surface area (Å²) in [6, 6.07) is 13.9. The van der Waals surface area contributed by atoms with Gasteiger partial charge in [-0.3, -0.25) is 9.79 Å². The molecule has 0 fully saturated rings. The lowest BCUT2D eigenvalue weighted by Gasteiger charge is -2.10. The summed E-state index contributed by atoms with van der Waals surface area (Å²) in [7, 11) is 1.61. The number of phenolic OH excluding ortho intramolecular Hbond substituents is 1. The number of aldehydes is 1. The van der Waals surface area contributed by atoms with E-state index >= 15 is 0 Å². The Balaban J connectivity index is 1.79. The Morgan fingerprint density at radius 1 is 1.07 bits per heavy atom. The average Bonchev–Trinajstić information content (AvgIpc) is 2.75. The summed E-state index contributed by atoms with van der Waals surface area (Å²) >= 11 is 0. The van der Waals surface area contributed by atoms with Crippen LogP contribution in [0.4, 0.5) is 0 Å². The first-order valence-electron chi connectivity index (χ1n) is 9.33. The summed E-state index contributed by atoms with van der Waals surface area (Å²) in [5.74, 6) is 0.736. The quantitative estimate of drug-likeness (QED) is 0.232. The van der Waals surface area contributed by atoms with Gasteiger partial charge in [0.25, 0.3) is 0 Å². The van der Waals surface area contributed by atoms with Crippen LogP contribution in [0.5, 0.6) is 11.5 Å². The van der Waals surface area contributed by atoms with E-state index in [1.807, 2.05) is 24.3 Å². The number of aryl methyl sites for hydroxylation is 1. The maximum atomic E-state index is 11.9. The molecular weight excluding hydrogens is 382 g/mol. The molecule has 0 bridgehead atoms. The van der Waals surface area contributed by atoms with Gasteiger partial charge in [-0.1, -0.05) is 18.2 Å². The van der Waals surface area contributed by atoms with Gasteiger partial charge in [0.2, 0.25) is 0 Å². The second-order valence-electron chi connectivity index (χ2n) is 6.95. The van der Waals surface area contributed by atoms with Crippen LogP contribution in [0.15, 0.2) is 62.7 Å². The summed E-state index contributed by atoms with van der Waals surface area (Å²) < 4.78 is 10.5. The van der Waals surface area contributed by atoms with Crippen LogP contribution in [-0.4, -0.2) is 24.7 Å². The van der Waals surface area contributed by atoms with Gasteiger partial charge < -0.3 is 14.3 Å². The highest BCUT2D eigenvalue weighted by atomic mass is 16.5. The first-order valence-corrected chi connectivity index (χ1v) is 9.33. The van der Waals surface area contributed by atoms with Crippen molar-refractivity contribution in [1.29, 1.82) is 0 Å². The second kappa shape index (κ2) is 7.83. The van der Waals surface area contributed by atoms with E-state index in [9.17, 15) is 14.7 Å². The molecule has 0 unspecified atom stereocenters. The zero-order chi connectivity index (χ0) is 21.3. The van der Waals surface area contributed by atoms with Crippen LogP contribution in [0.25, 0.3) is 21.7 Å². The van der Waals surface area contributed by atoms with Gasteiger partial charge in [0, 0.05) is 39.6 Å². The van der Waals surface area contributed by atoms with Crippen molar-refractivity contribution in [1.82, 2.24) is 0 Å². The molecule has 0 saturated heterocycles. The van der Waals surface area contributed by atoms with Gasteiger partial charge in [-0.05, 0) is 42.3 Å². The SMILES string of the molecule is COc1ccc(CN=Cc2cc(C=O)c3c(ccc4c(C)cc(=O)oc43)c2O)cc1. The fourth-order valence-electron chi connectivity index (χ4n) is 3.50. The minimum Gasteiger partial charge on any atom is -0.507 e. The third kappa shape index (κ3) is 3.43. The number of aromatic hydroxyl groups is 1. The van der Waals surface area contributed by atoms with E-state index in [1.165, 1.54) is 12.3 Å². The zero-order valence-electron chi connectivity index (χ0n) is 16.5. The maximum absolute atomic E-state index is 11.9. The minimum atomic E-state index is -0.506. The molecule has 0 aliphatic carbocycles. The first kappa shape index (κ1) is 19.4. The summed E-state index contributed by atoms with van der Waals surface area (Å²) in [5, 5.41) is 12.3. The molecule has 1 heterocycles. The first-order chi connectivity index (χ1) is 14.5. The molecule has 3 aromatic carbocycles. The molecule has 4 rings (SSSR count). The third-order valence-corrected chi connectivity index (χ3v) is 5.04. The highest BCUT2D eigenvalue weighted by molar-refractivity contribution is 6.15. The number of benzene rings is 3. The molecule has 4 aromatic rings. The van der Waals surface area contributed by atoms with Crippen LogP contribution in [0.1, 0.15) is 27.0 Å². The number of methoxy groups -OCH3 is 1. The summed E-state index contributed by atoms with van der Waals surface area (Å²) in [6.45, 7) is 2.20. The van der Waals surface area contributed by atoms with Gasteiger partial charge in [0.1, 0.15) is 17.1 Å². The predicted octanol–water partition coefficient (Wildman–Crippen LogP) is 4.40. The monoisotopic (exact) mass is 401 g/mol. The van der Waals surface area contributed by atoms with Gasteiger partial charge >= 0.3 is 5.63 Å². The fraction of sp³-hybridized carbons (Fsp3) is 0.125. The standard InChI is InChI=1S/C24H19NO5/c1-14-9-21(27)30-24-19(14)7-8-20-22(24)17(13-26)10-16(23(20)28)12-25-11-15-3-5-18(29-2)6-4-15/h3-10,12-13,28H,11H2,1-2H3. The van der Waals surface area contributed by atoms with E-state index in [-0.39, 0.29) is 11.3 Å². The minimum absolute atomic E-state index is 0.0277. The zero-order valence-corrected chi connectivity index (χ0v) is 16.5. The molecule has 6 heteroatoms. The topological polar surface area (TPSA) is 89.1 Å². The van der Waals surface area contributed by atoms with Gasteiger partial charge in [0.15, 0.2) is 6.29 Å². The summed E-state index contributed by atoms with van der Waals surface area (Å²) in [6.07, 6.45) is 2.22. The van der Waals surface area contributed by atoms with Crippen molar-refractivity contribution in [2.24, 2.45) is 4.99 Å². The Bertz CT molecular complexity index is 1350. The van der Waals surface area contributed by atoms with Crippen LogP contribution in [0, 0.1) is 6.92 Å². The van der Waals surface area contributed by atoms with Crippen LogP contribution in [0.3, 0.4) is 0 Å². The van der Waals surface area contributed by atoms with Crippen molar-refractivity contribution in [2.45, 2.75) is 13.5 Å². The van der Waals surface area contributed by atoms with Crippen molar-refractivity contribution in [3.63, 3.8) is 0 Å². The number of carbonyl (C=O) groups is 1. The largest absolute Gasteiger partial charge is 0.507 e. The highest BCUT2D eigenvalue weighted by Gasteiger charge is 2.16. The predicted molar refractivity (Wildman–Crippen MR) is 116 cm³/mol. The summed E-state index contributed by atoms with van der Waals surface area (Å²) in [5.41, 5.74) is 2.22. The third-order valence-electron chi connectivity index (χ3n) is 5.04. The normalized spacial score (nSPS) is 11.4. The number of carbonyl (C=O) groups excluding carboxylic acids is 1. The number of fused-ring (bicyclic) bond motifs is 3. The number of phenols is 1. The van der Waals surface area contributed by atoms with Crippen molar-refractivity contribution in [2.75, 3.05) is 7.11 Å². The van der Waals surface area contributed by atoms with Crippen LogP contribution in [-0.2, 0) is 6.54 Å². The van der Waals surface area contributed by atoms with Crippen LogP contribution < -0.4 is 10.4 Å². The number of rotatable bonds is 5. The molecule has 6 nitrogen and oxygen atoms in total. The molecule has 0 radical (unpaired) electrons. The summed E-state index contributed by atoms with van der Waals surface area (Å²) in [4.78, 5) is 28.1. The fourth-order valence-corrected chi connectivity index (χ4v) is 3.50. The number of aliphatic imine (C=N–C) groups is 1. The second-order valence-corrected chi connectivity index (χ2v) is 6.95. The molecule has 30 heavy (non-hydrogen) atoms. The Morgan fingerprint density at radius 3 is 2.50 bits per heavy atom. The van der Waals surface area contributed by atoms with E-state index in [1.54, 1.807) is 32.2 Å². The highest BCUT2D eigenvalue weighted by Crippen LogP contribution is 2.35. The van der Waals surface area contributed by atoms with Crippen LogP contribution in [0.2, 0.25) is 0 Å². The molecule has 150 valence electrons. The Hall–Kier alpha value is -3.93. The van der Waals surface area contributed by atoms with Crippen molar-refractivity contribution >= 4 is 34.2 Å². The Morgan fingerprint density at radius 2 is 1.80 bits per heavy atom. The number of hydrogen-bond acceptors (Lipinski definition) is 6. The van der Waals surface area contributed by atoms with E-state index in [0.717, 1.165) is 16.9 Å². The van der Waals surface area contributed by atoms with Gasteiger partial charge in [-0.15, -0.1) is 0 Å². The van der Waals surface area contributed by atoms with E-state index in [0.29, 0.717) is 40.1 Å². The van der Waals surface area contributed by atoms with Gasteiger partial charge in [0.05, 0.1) is 13.7 Å². The van der Waals surface area contributed by atoms with E-state index < -0.39 is 5.63 Å². The van der Waals surface area contributed by atoms with Crippen molar-refractivity contribution in [3.05, 3.63) is 81.2 Å². The molecule has 0 amide bonds. The molecule has 1 N–H and O–H groups in total. The molecule has 0 atom stereocenters. The molecular formula is C24H19NO5. The van der Waals surface area contributed by atoms with E-state index in [2.05, 4.69) is 4.99 Å². The van der Waals surface area contributed by atoms with E-state index in [4.69, 9.17) is 9.15 Å². The Labute approximate surface area is 172 Å². The van der Waals surface area contributed by atoms with Gasteiger partial charge in [-0.2, -0.15) is 0 Å². The van der Waals surface area contributed by atoms with Crippen molar-refractivity contribution in [3.8, 4) is 11.5 Å². The smallest absolute Gasteiger partial charge is 0.336 e. The molecule has 0 spiro atoms. The van der Waals surface area contributed by atoms with Crippen molar-refractivity contribution < 1.29 is 19.1 Å². The number of hydrogen-bond donors (Lipinski definition) is 1. The Kier molecular flexibility index (Phi) is 5.06. The average molecular weight is 401 g/mol.